The molecule has 136 valence electrons. The van der Waals surface area contributed by atoms with Crippen LogP contribution in [0, 0.1) is 0 Å². The fourth-order valence-corrected chi connectivity index (χ4v) is 6.15. The average Bonchev–Trinajstić information content (AvgIpc) is 2.66. The predicted molar refractivity (Wildman–Crippen MR) is 104 cm³/mol. The van der Waals surface area contributed by atoms with E-state index < -0.39 is 10.0 Å². The van der Waals surface area contributed by atoms with E-state index in [0.29, 0.717) is 18.7 Å². The van der Waals surface area contributed by atoms with Gasteiger partial charge in [0.15, 0.2) is 0 Å². The third kappa shape index (κ3) is 2.89. The second-order valence-corrected chi connectivity index (χ2v) is 9.58. The zero-order chi connectivity index (χ0) is 18.3. The van der Waals surface area contributed by atoms with Crippen LogP contribution in [0.25, 0.3) is 0 Å². The van der Waals surface area contributed by atoms with E-state index in [-0.39, 0.29) is 16.1 Å². The van der Waals surface area contributed by atoms with Crippen molar-refractivity contribution in [2.75, 3.05) is 16.2 Å². The van der Waals surface area contributed by atoms with Crippen molar-refractivity contribution in [2.45, 2.75) is 41.2 Å². The number of nitrogens with one attached hydrogen (secondary N) is 1. The number of benzene rings is 2. The molecule has 7 heteroatoms. The quantitative estimate of drug-likeness (QED) is 0.872. The molecule has 0 fully saturated rings. The van der Waals surface area contributed by atoms with Crippen molar-refractivity contribution in [1.29, 1.82) is 0 Å². The maximum atomic E-state index is 13.3. The fraction of sp³-hybridized carbons (Fsp3) is 0.316. The summed E-state index contributed by atoms with van der Waals surface area (Å²) in [5.41, 5.74) is 2.51. The molecule has 1 unspecified atom stereocenters. The number of sulfonamides is 1. The van der Waals surface area contributed by atoms with Gasteiger partial charge in [-0.15, -0.1) is 11.8 Å². The van der Waals surface area contributed by atoms with Gasteiger partial charge in [-0.25, -0.2) is 8.42 Å². The normalized spacial score (nSPS) is 19.5. The first-order valence-corrected chi connectivity index (χ1v) is 11.0. The second-order valence-electron chi connectivity index (χ2n) is 6.47. The maximum absolute atomic E-state index is 13.3. The number of carbonyl (C=O) groups excluding carboxylic acids is 1. The summed E-state index contributed by atoms with van der Waals surface area (Å²) >= 11 is 1.43. The van der Waals surface area contributed by atoms with E-state index in [1.807, 2.05) is 31.2 Å². The van der Waals surface area contributed by atoms with Gasteiger partial charge in [0.05, 0.1) is 21.5 Å². The molecule has 26 heavy (non-hydrogen) atoms. The predicted octanol–water partition coefficient (Wildman–Crippen LogP) is 3.65. The van der Waals surface area contributed by atoms with Crippen molar-refractivity contribution in [3.05, 3.63) is 48.0 Å². The Kier molecular flexibility index (Phi) is 4.44. The molecule has 4 rings (SSSR count). The zero-order valence-corrected chi connectivity index (χ0v) is 16.1. The standard InChI is InChI=1S/C19H20N2O3S2/c1-2-17-19(22)20-15-10-9-14(12-18(15)25-17)26(23,24)21-11-5-7-13-6-3-4-8-16(13)21/h3-4,6,8-10,12,17H,2,5,7,11H2,1H3,(H,20,22). The van der Waals surface area contributed by atoms with Crippen LogP contribution in [-0.2, 0) is 21.2 Å². The lowest BCUT2D eigenvalue weighted by molar-refractivity contribution is -0.115. The summed E-state index contributed by atoms with van der Waals surface area (Å²) in [6.07, 6.45) is 2.41. The molecule has 0 aliphatic carbocycles. The number of para-hydroxylation sites is 1. The highest BCUT2D eigenvalue weighted by Gasteiger charge is 2.31. The van der Waals surface area contributed by atoms with Gasteiger partial charge in [-0.2, -0.15) is 0 Å². The van der Waals surface area contributed by atoms with Gasteiger partial charge in [-0.05, 0) is 49.1 Å². The molecule has 0 radical (unpaired) electrons. The molecule has 1 N–H and O–H groups in total. The monoisotopic (exact) mass is 388 g/mol. The van der Waals surface area contributed by atoms with Crippen LogP contribution >= 0.6 is 11.8 Å². The van der Waals surface area contributed by atoms with E-state index in [1.54, 1.807) is 18.2 Å². The Morgan fingerprint density at radius 1 is 1.23 bits per heavy atom. The Hall–Kier alpha value is -1.99. The number of aryl methyl sites for hydroxylation is 1. The lowest BCUT2D eigenvalue weighted by Gasteiger charge is -2.31. The highest BCUT2D eigenvalue weighted by molar-refractivity contribution is 8.01. The highest BCUT2D eigenvalue weighted by Crippen LogP contribution is 2.39. The molecule has 0 spiro atoms. The van der Waals surface area contributed by atoms with Crippen LogP contribution in [0.5, 0.6) is 0 Å². The number of anilines is 2. The largest absolute Gasteiger partial charge is 0.324 e. The summed E-state index contributed by atoms with van der Waals surface area (Å²) in [6.45, 7) is 2.44. The summed E-state index contributed by atoms with van der Waals surface area (Å²) < 4.78 is 28.1. The summed E-state index contributed by atoms with van der Waals surface area (Å²) in [4.78, 5) is 13.1. The lowest BCUT2D eigenvalue weighted by atomic mass is 10.0. The average molecular weight is 389 g/mol. The van der Waals surface area contributed by atoms with E-state index in [9.17, 15) is 13.2 Å². The van der Waals surface area contributed by atoms with Crippen LogP contribution in [0.4, 0.5) is 11.4 Å². The van der Waals surface area contributed by atoms with E-state index in [0.717, 1.165) is 29.0 Å². The Bertz CT molecular complexity index is 972. The van der Waals surface area contributed by atoms with Crippen molar-refractivity contribution in [3.8, 4) is 0 Å². The van der Waals surface area contributed by atoms with Crippen molar-refractivity contribution in [1.82, 2.24) is 0 Å². The summed E-state index contributed by atoms with van der Waals surface area (Å²) in [6, 6.07) is 12.6. The van der Waals surface area contributed by atoms with E-state index in [1.165, 1.54) is 16.1 Å². The Labute approximate surface area is 157 Å². The Morgan fingerprint density at radius 2 is 2.04 bits per heavy atom. The molecule has 2 aliphatic heterocycles. The zero-order valence-electron chi connectivity index (χ0n) is 14.4. The number of hydrogen-bond donors (Lipinski definition) is 1. The van der Waals surface area contributed by atoms with Crippen LogP contribution in [0.1, 0.15) is 25.3 Å². The van der Waals surface area contributed by atoms with Crippen LogP contribution < -0.4 is 9.62 Å². The number of hydrogen-bond acceptors (Lipinski definition) is 4. The van der Waals surface area contributed by atoms with Crippen LogP contribution in [0.2, 0.25) is 0 Å². The molecular formula is C19H20N2O3S2. The number of nitrogens with zero attached hydrogens (tertiary/aromatic N) is 1. The van der Waals surface area contributed by atoms with Crippen molar-refractivity contribution < 1.29 is 13.2 Å². The van der Waals surface area contributed by atoms with Gasteiger partial charge >= 0.3 is 0 Å². The van der Waals surface area contributed by atoms with Crippen molar-refractivity contribution >= 4 is 39.1 Å². The first kappa shape index (κ1) is 17.4. The number of fused-ring (bicyclic) bond motifs is 2. The number of rotatable bonds is 3. The third-order valence-electron chi connectivity index (χ3n) is 4.80. The van der Waals surface area contributed by atoms with Crippen molar-refractivity contribution in [3.63, 3.8) is 0 Å². The Morgan fingerprint density at radius 3 is 2.85 bits per heavy atom. The van der Waals surface area contributed by atoms with E-state index in [4.69, 9.17) is 0 Å². The van der Waals surface area contributed by atoms with E-state index >= 15 is 0 Å². The van der Waals surface area contributed by atoms with Gasteiger partial charge in [0.25, 0.3) is 10.0 Å². The molecule has 0 saturated heterocycles. The van der Waals surface area contributed by atoms with Gasteiger partial charge in [0.1, 0.15) is 0 Å². The van der Waals surface area contributed by atoms with Gasteiger partial charge in [0, 0.05) is 11.4 Å². The minimum atomic E-state index is -3.64. The smallest absolute Gasteiger partial charge is 0.264 e. The molecule has 2 heterocycles. The first-order chi connectivity index (χ1) is 12.5. The molecule has 2 aromatic carbocycles. The first-order valence-electron chi connectivity index (χ1n) is 8.73. The molecule has 0 aromatic heterocycles. The Balaban J connectivity index is 1.73. The molecule has 2 aliphatic rings. The molecular weight excluding hydrogens is 368 g/mol. The summed E-state index contributed by atoms with van der Waals surface area (Å²) in [5.74, 6) is -0.0226. The molecule has 0 saturated carbocycles. The minimum absolute atomic E-state index is 0.0226. The molecule has 5 nitrogen and oxygen atoms in total. The van der Waals surface area contributed by atoms with Gasteiger partial charge in [-0.1, -0.05) is 25.1 Å². The highest BCUT2D eigenvalue weighted by atomic mass is 32.2. The number of thioether (sulfide) groups is 1. The second kappa shape index (κ2) is 6.63. The molecule has 1 atom stereocenters. The topological polar surface area (TPSA) is 66.5 Å². The minimum Gasteiger partial charge on any atom is -0.324 e. The third-order valence-corrected chi connectivity index (χ3v) is 8.03. The maximum Gasteiger partial charge on any atom is 0.264 e. The van der Waals surface area contributed by atoms with Gasteiger partial charge in [-0.3, -0.25) is 9.10 Å². The van der Waals surface area contributed by atoms with Gasteiger partial charge in [0.2, 0.25) is 5.91 Å². The molecule has 0 bridgehead atoms. The number of amides is 1. The van der Waals surface area contributed by atoms with E-state index in [2.05, 4.69) is 5.32 Å². The fourth-order valence-electron chi connectivity index (χ4n) is 3.43. The summed E-state index contributed by atoms with van der Waals surface area (Å²) in [5, 5.41) is 2.68. The molecule has 1 amide bonds. The van der Waals surface area contributed by atoms with Crippen molar-refractivity contribution in [2.24, 2.45) is 0 Å². The van der Waals surface area contributed by atoms with Crippen LogP contribution in [-0.4, -0.2) is 26.1 Å². The summed E-state index contributed by atoms with van der Waals surface area (Å²) in [7, 11) is -3.64. The van der Waals surface area contributed by atoms with Gasteiger partial charge < -0.3 is 5.32 Å². The lowest BCUT2D eigenvalue weighted by Crippen LogP contribution is -2.35. The SMILES string of the molecule is CCC1Sc2cc(S(=O)(=O)N3CCCc4ccccc43)ccc2NC1=O. The van der Waals surface area contributed by atoms with Crippen LogP contribution in [0.15, 0.2) is 52.3 Å². The number of carbonyl (C=O) groups is 1. The van der Waals surface area contributed by atoms with Crippen LogP contribution in [0.3, 0.4) is 0 Å². The molecule has 2 aromatic rings.